The number of hydrogen-bond donors (Lipinski definition) is 1. The van der Waals surface area contributed by atoms with Crippen LogP contribution in [0.2, 0.25) is 0 Å². The van der Waals surface area contributed by atoms with Crippen LogP contribution < -0.4 is 5.32 Å². The second-order valence-corrected chi connectivity index (χ2v) is 4.91. The van der Waals surface area contributed by atoms with E-state index in [4.69, 9.17) is 0 Å². The summed E-state index contributed by atoms with van der Waals surface area (Å²) < 4.78 is 1.87. The Morgan fingerprint density at radius 1 is 1.50 bits per heavy atom. The van der Waals surface area contributed by atoms with Crippen molar-refractivity contribution in [1.82, 2.24) is 20.0 Å². The molecule has 1 heterocycles. The first-order valence-corrected chi connectivity index (χ1v) is 7.18. The molecular weight excluding hydrogens is 250 g/mol. The SMILES string of the molecule is C=CCCCCCN(C)C(=NC)NCc1ccnn1C. The lowest BCUT2D eigenvalue weighted by molar-refractivity contribution is 0.454. The lowest BCUT2D eigenvalue weighted by atomic mass is 10.2. The molecule has 0 bridgehead atoms. The van der Waals surface area contributed by atoms with E-state index in [1.165, 1.54) is 19.3 Å². The van der Waals surface area contributed by atoms with Gasteiger partial charge >= 0.3 is 0 Å². The van der Waals surface area contributed by atoms with Gasteiger partial charge in [0, 0.05) is 33.9 Å². The fraction of sp³-hybridized carbons (Fsp3) is 0.600. The number of nitrogens with one attached hydrogen (secondary N) is 1. The van der Waals surface area contributed by atoms with Crippen LogP contribution >= 0.6 is 0 Å². The summed E-state index contributed by atoms with van der Waals surface area (Å²) in [4.78, 5) is 6.49. The summed E-state index contributed by atoms with van der Waals surface area (Å²) in [7, 11) is 5.84. The van der Waals surface area contributed by atoms with Gasteiger partial charge in [0.1, 0.15) is 0 Å². The average Bonchev–Trinajstić information content (AvgIpc) is 2.85. The Morgan fingerprint density at radius 3 is 2.90 bits per heavy atom. The zero-order valence-electron chi connectivity index (χ0n) is 13.0. The van der Waals surface area contributed by atoms with E-state index in [2.05, 4.69) is 33.9 Å². The highest BCUT2D eigenvalue weighted by molar-refractivity contribution is 5.79. The molecular formula is C15H27N5. The van der Waals surface area contributed by atoms with E-state index in [0.717, 1.165) is 31.2 Å². The number of rotatable bonds is 8. The predicted molar refractivity (Wildman–Crippen MR) is 84.7 cm³/mol. The maximum absolute atomic E-state index is 4.32. The summed E-state index contributed by atoms with van der Waals surface area (Å²) in [5.74, 6) is 0.926. The standard InChI is InChI=1S/C15H27N5/c1-5-6-7-8-9-12-19(3)15(16-2)17-13-14-10-11-18-20(14)4/h5,10-11H,1,6-9,12-13H2,2-4H3,(H,16,17). The Morgan fingerprint density at radius 2 is 2.30 bits per heavy atom. The lowest BCUT2D eigenvalue weighted by Gasteiger charge is -2.22. The van der Waals surface area contributed by atoms with E-state index in [0.29, 0.717) is 0 Å². The summed E-state index contributed by atoms with van der Waals surface area (Å²) in [5, 5.41) is 7.52. The zero-order valence-corrected chi connectivity index (χ0v) is 13.0. The lowest BCUT2D eigenvalue weighted by Crippen LogP contribution is -2.39. The molecule has 0 atom stereocenters. The molecule has 1 N–H and O–H groups in total. The minimum Gasteiger partial charge on any atom is -0.351 e. The van der Waals surface area contributed by atoms with E-state index in [9.17, 15) is 0 Å². The van der Waals surface area contributed by atoms with Crippen molar-refractivity contribution in [1.29, 1.82) is 0 Å². The number of aromatic nitrogens is 2. The third-order valence-corrected chi connectivity index (χ3v) is 3.33. The van der Waals surface area contributed by atoms with Crippen LogP contribution in [0.15, 0.2) is 29.9 Å². The predicted octanol–water partition coefficient (Wildman–Crippen LogP) is 2.17. The molecule has 20 heavy (non-hydrogen) atoms. The van der Waals surface area contributed by atoms with Gasteiger partial charge in [0.05, 0.1) is 12.2 Å². The highest BCUT2D eigenvalue weighted by Gasteiger charge is 2.06. The van der Waals surface area contributed by atoms with E-state index in [1.54, 1.807) is 0 Å². The van der Waals surface area contributed by atoms with Gasteiger partial charge < -0.3 is 10.2 Å². The Labute approximate surface area is 122 Å². The maximum Gasteiger partial charge on any atom is 0.193 e. The monoisotopic (exact) mass is 277 g/mol. The first-order valence-electron chi connectivity index (χ1n) is 7.18. The average molecular weight is 277 g/mol. The van der Waals surface area contributed by atoms with Crippen LogP contribution in [-0.2, 0) is 13.6 Å². The Balaban J connectivity index is 2.30. The van der Waals surface area contributed by atoms with Crippen molar-refractivity contribution in [2.45, 2.75) is 32.2 Å². The molecule has 0 aliphatic heterocycles. The Bertz CT molecular complexity index is 422. The van der Waals surface area contributed by atoms with E-state index in [-0.39, 0.29) is 0 Å². The molecule has 0 spiro atoms. The summed E-state index contributed by atoms with van der Waals surface area (Å²) >= 11 is 0. The molecule has 0 aromatic carbocycles. The zero-order chi connectivity index (χ0) is 14.8. The van der Waals surface area contributed by atoms with E-state index >= 15 is 0 Å². The summed E-state index contributed by atoms with van der Waals surface area (Å²) in [6, 6.07) is 2.01. The van der Waals surface area contributed by atoms with E-state index in [1.807, 2.05) is 37.1 Å². The first-order chi connectivity index (χ1) is 9.69. The summed E-state index contributed by atoms with van der Waals surface area (Å²) in [5.41, 5.74) is 1.14. The van der Waals surface area contributed by atoms with Crippen LogP contribution in [-0.4, -0.2) is 41.3 Å². The molecule has 0 radical (unpaired) electrons. The molecule has 0 fully saturated rings. The van der Waals surface area contributed by atoms with Gasteiger partial charge in [-0.3, -0.25) is 9.67 Å². The highest BCUT2D eigenvalue weighted by atomic mass is 15.3. The molecule has 0 amide bonds. The van der Waals surface area contributed by atoms with Crippen molar-refractivity contribution in [3.8, 4) is 0 Å². The molecule has 5 nitrogen and oxygen atoms in total. The van der Waals surface area contributed by atoms with Gasteiger partial charge in [-0.15, -0.1) is 6.58 Å². The molecule has 1 rings (SSSR count). The molecule has 0 saturated heterocycles. The Kier molecular flexibility index (Phi) is 7.47. The molecule has 5 heteroatoms. The third-order valence-electron chi connectivity index (χ3n) is 3.33. The van der Waals surface area contributed by atoms with Crippen molar-refractivity contribution < 1.29 is 0 Å². The normalized spacial score (nSPS) is 11.4. The molecule has 0 aliphatic carbocycles. The van der Waals surface area contributed by atoms with Crippen LogP contribution in [0.5, 0.6) is 0 Å². The summed E-state index contributed by atoms with van der Waals surface area (Å²) in [6.45, 7) is 5.50. The number of allylic oxidation sites excluding steroid dienone is 1. The first kappa shape index (κ1) is 16.3. The van der Waals surface area contributed by atoms with Crippen LogP contribution in [0.1, 0.15) is 31.4 Å². The largest absolute Gasteiger partial charge is 0.351 e. The Hall–Kier alpha value is -1.78. The van der Waals surface area contributed by atoms with Gasteiger partial charge in [0.15, 0.2) is 5.96 Å². The maximum atomic E-state index is 4.32. The number of unbranched alkanes of at least 4 members (excludes halogenated alkanes) is 3. The number of guanidine groups is 1. The number of hydrogen-bond acceptors (Lipinski definition) is 2. The fourth-order valence-corrected chi connectivity index (χ4v) is 2.05. The van der Waals surface area contributed by atoms with Crippen molar-refractivity contribution in [3.05, 3.63) is 30.6 Å². The molecule has 0 aliphatic rings. The smallest absolute Gasteiger partial charge is 0.193 e. The van der Waals surface area contributed by atoms with Gasteiger partial charge in [0.2, 0.25) is 0 Å². The minimum absolute atomic E-state index is 0.740. The van der Waals surface area contributed by atoms with Crippen LogP contribution in [0, 0.1) is 0 Å². The van der Waals surface area contributed by atoms with Crippen LogP contribution in [0.25, 0.3) is 0 Å². The van der Waals surface area contributed by atoms with Crippen molar-refractivity contribution >= 4 is 5.96 Å². The molecule has 0 saturated carbocycles. The van der Waals surface area contributed by atoms with Gasteiger partial charge in [-0.2, -0.15) is 5.10 Å². The van der Waals surface area contributed by atoms with Gasteiger partial charge in [-0.1, -0.05) is 12.5 Å². The quantitative estimate of drug-likeness (QED) is 0.343. The van der Waals surface area contributed by atoms with Gasteiger partial charge in [0.25, 0.3) is 0 Å². The van der Waals surface area contributed by atoms with Crippen LogP contribution in [0.3, 0.4) is 0 Å². The molecule has 0 unspecified atom stereocenters. The molecule has 1 aromatic rings. The van der Waals surface area contributed by atoms with Gasteiger partial charge in [-0.25, -0.2) is 0 Å². The van der Waals surface area contributed by atoms with Crippen molar-refractivity contribution in [2.24, 2.45) is 12.0 Å². The fourth-order valence-electron chi connectivity index (χ4n) is 2.05. The second kappa shape index (κ2) is 9.18. The summed E-state index contributed by atoms with van der Waals surface area (Å²) in [6.07, 6.45) is 8.53. The second-order valence-electron chi connectivity index (χ2n) is 4.91. The number of aryl methyl sites for hydroxylation is 1. The number of nitrogens with zero attached hydrogens (tertiary/aromatic N) is 4. The topological polar surface area (TPSA) is 45.4 Å². The number of aliphatic imine (C=N–C) groups is 1. The molecule has 112 valence electrons. The van der Waals surface area contributed by atoms with Gasteiger partial charge in [-0.05, 0) is 25.3 Å². The molecule has 1 aromatic heterocycles. The van der Waals surface area contributed by atoms with Crippen molar-refractivity contribution in [3.63, 3.8) is 0 Å². The van der Waals surface area contributed by atoms with E-state index < -0.39 is 0 Å². The van der Waals surface area contributed by atoms with Crippen molar-refractivity contribution in [2.75, 3.05) is 20.6 Å². The van der Waals surface area contributed by atoms with Crippen LogP contribution in [0.4, 0.5) is 0 Å². The third kappa shape index (κ3) is 5.47. The minimum atomic E-state index is 0.740. The highest BCUT2D eigenvalue weighted by Crippen LogP contribution is 2.02.